The summed E-state index contributed by atoms with van der Waals surface area (Å²) in [6.45, 7) is 0. The number of hydrogen-bond donors (Lipinski definition) is 0. The van der Waals surface area contributed by atoms with Crippen LogP contribution in [-0.4, -0.2) is 0 Å². The molecular weight excluding hydrogens is 885 g/mol. The molecule has 0 fully saturated rings. The summed E-state index contributed by atoms with van der Waals surface area (Å²) in [5.41, 5.74) is 25.9. The van der Waals surface area contributed by atoms with Crippen molar-refractivity contribution in [2.75, 3.05) is 19.6 Å². The van der Waals surface area contributed by atoms with E-state index in [4.69, 9.17) is 0 Å². The lowest BCUT2D eigenvalue weighted by Gasteiger charge is -2.40. The molecule has 4 nitrogen and oxygen atoms in total. The second-order valence-electron chi connectivity index (χ2n) is 19.3. The van der Waals surface area contributed by atoms with Gasteiger partial charge in [0, 0.05) is 22.7 Å². The van der Waals surface area contributed by atoms with Gasteiger partial charge in [0.05, 0.1) is 50.9 Å². The highest BCUT2D eigenvalue weighted by Gasteiger charge is 2.52. The van der Waals surface area contributed by atoms with E-state index in [1.54, 1.807) is 0 Å². The van der Waals surface area contributed by atoms with Gasteiger partial charge in [0.25, 0.3) is 0 Å². The molecule has 2 aliphatic carbocycles. The molecule has 15 rings (SSSR count). The van der Waals surface area contributed by atoms with Crippen molar-refractivity contribution in [2.24, 2.45) is 0 Å². The van der Waals surface area contributed by atoms with E-state index >= 15 is 0 Å². The van der Waals surface area contributed by atoms with Crippen LogP contribution >= 0.6 is 0 Å². The maximum atomic E-state index is 2.50. The summed E-state index contributed by atoms with van der Waals surface area (Å²) in [6, 6.07) is 97.9. The average Bonchev–Trinajstić information content (AvgIpc) is 3.93. The van der Waals surface area contributed by atoms with Gasteiger partial charge in [-0.2, -0.15) is 0 Å². The predicted octanol–water partition coefficient (Wildman–Crippen LogP) is 18.7. The summed E-state index contributed by atoms with van der Waals surface area (Å²) in [4.78, 5) is 9.62. The SMILES string of the molecule is C(=Cc1ccc2c(c1)C1(c3ccccc3-c3ccccc31)c1cc(N3c4ccccc4N(c4ccccc4)c4ccccc43)ccc1-2)c1ccc(N2c3ccccc3N(c3ccccc3)c3ccccc32)cc1. The minimum Gasteiger partial charge on any atom is -0.306 e. The van der Waals surface area contributed by atoms with Crippen LogP contribution in [0.2, 0.25) is 0 Å². The first-order valence-corrected chi connectivity index (χ1v) is 25.2. The van der Waals surface area contributed by atoms with Crippen LogP contribution < -0.4 is 19.6 Å². The van der Waals surface area contributed by atoms with Gasteiger partial charge >= 0.3 is 0 Å². The number of para-hydroxylation sites is 10. The largest absolute Gasteiger partial charge is 0.306 e. The Balaban J connectivity index is 0.829. The maximum absolute atomic E-state index is 2.50. The lowest BCUT2D eigenvalue weighted by Crippen LogP contribution is -2.27. The topological polar surface area (TPSA) is 13.0 Å². The van der Waals surface area contributed by atoms with Gasteiger partial charge in [-0.25, -0.2) is 0 Å². The molecule has 4 heteroatoms. The third kappa shape index (κ3) is 6.08. The van der Waals surface area contributed by atoms with Crippen LogP contribution in [0.4, 0.5) is 68.2 Å². The quantitative estimate of drug-likeness (QED) is 0.154. The Morgan fingerprint density at radius 1 is 0.219 bits per heavy atom. The standard InChI is InChI=1S/C69H46N4/c1-3-19-49(20-4-1)70-61-27-11-13-29-63(61)72(64-30-14-12-28-62(64)70)51-40-37-47(38-41-51)35-36-48-39-43-55-56-44-42-52(46-60(56)69(59(55)45-48)57-25-9-7-23-53(57)54-24-8-10-26-58(54)69)73-67-33-17-15-31-65(67)71(50-21-5-2-6-22-50)66-32-16-18-34-68(66)73/h1-46H. The van der Waals surface area contributed by atoms with Gasteiger partial charge in [-0.05, 0) is 159 Å². The molecule has 0 N–H and O–H groups in total. The normalized spacial score (nSPS) is 14.0. The Bertz CT molecular complexity index is 3870. The number of nitrogens with zero attached hydrogens (tertiary/aromatic N) is 4. The highest BCUT2D eigenvalue weighted by Crippen LogP contribution is 2.64. The van der Waals surface area contributed by atoms with E-state index in [9.17, 15) is 0 Å². The first-order valence-electron chi connectivity index (χ1n) is 25.2. The fraction of sp³-hybridized carbons (Fsp3) is 0.0145. The maximum Gasteiger partial charge on any atom is 0.0726 e. The molecule has 0 unspecified atom stereocenters. The van der Waals surface area contributed by atoms with Gasteiger partial charge in [0.2, 0.25) is 0 Å². The van der Waals surface area contributed by atoms with E-state index in [-0.39, 0.29) is 0 Å². The van der Waals surface area contributed by atoms with Crippen molar-refractivity contribution in [3.8, 4) is 22.3 Å². The van der Waals surface area contributed by atoms with E-state index in [0.717, 1.165) is 79.4 Å². The fourth-order valence-corrected chi connectivity index (χ4v) is 12.5. The molecule has 0 saturated heterocycles. The van der Waals surface area contributed by atoms with Crippen LogP contribution in [0, 0.1) is 0 Å². The highest BCUT2D eigenvalue weighted by atomic mass is 15.3. The third-order valence-corrected chi connectivity index (χ3v) is 15.5. The molecule has 2 aliphatic heterocycles. The van der Waals surface area contributed by atoms with E-state index in [2.05, 4.69) is 299 Å². The highest BCUT2D eigenvalue weighted by molar-refractivity contribution is 6.04. The Morgan fingerprint density at radius 3 is 0.973 bits per heavy atom. The zero-order valence-corrected chi connectivity index (χ0v) is 39.8. The molecule has 0 aromatic heterocycles. The van der Waals surface area contributed by atoms with Crippen molar-refractivity contribution in [1.82, 2.24) is 0 Å². The summed E-state index contributed by atoms with van der Waals surface area (Å²) < 4.78 is 0. The van der Waals surface area contributed by atoms with Crippen molar-refractivity contribution < 1.29 is 0 Å². The Morgan fingerprint density at radius 2 is 0.521 bits per heavy atom. The first kappa shape index (κ1) is 41.2. The molecule has 11 aromatic carbocycles. The third-order valence-electron chi connectivity index (χ3n) is 15.5. The number of hydrogen-bond acceptors (Lipinski definition) is 4. The monoisotopic (exact) mass is 930 g/mol. The molecule has 4 aliphatic rings. The van der Waals surface area contributed by atoms with Crippen LogP contribution in [0.5, 0.6) is 0 Å². The minimum atomic E-state index is -0.526. The molecule has 11 aromatic rings. The van der Waals surface area contributed by atoms with Crippen molar-refractivity contribution in [3.05, 3.63) is 300 Å². The fourth-order valence-electron chi connectivity index (χ4n) is 12.5. The van der Waals surface area contributed by atoms with Crippen molar-refractivity contribution in [3.63, 3.8) is 0 Å². The molecular formula is C69H46N4. The molecule has 73 heavy (non-hydrogen) atoms. The minimum absolute atomic E-state index is 0.526. The molecule has 0 saturated carbocycles. The van der Waals surface area contributed by atoms with Crippen molar-refractivity contribution in [2.45, 2.75) is 5.41 Å². The Kier molecular flexibility index (Phi) is 9.14. The zero-order chi connectivity index (χ0) is 48.0. The molecule has 1 spiro atoms. The van der Waals surface area contributed by atoms with Crippen molar-refractivity contribution in [1.29, 1.82) is 0 Å². The number of benzene rings is 11. The van der Waals surface area contributed by atoms with Gasteiger partial charge in [-0.3, -0.25) is 0 Å². The van der Waals surface area contributed by atoms with Crippen LogP contribution in [0.1, 0.15) is 33.4 Å². The second-order valence-corrected chi connectivity index (χ2v) is 19.3. The smallest absolute Gasteiger partial charge is 0.0726 e. The summed E-state index contributed by atoms with van der Waals surface area (Å²) >= 11 is 0. The van der Waals surface area contributed by atoms with Gasteiger partial charge < -0.3 is 19.6 Å². The Hall–Kier alpha value is -9.64. The van der Waals surface area contributed by atoms with Gasteiger partial charge in [-0.1, -0.05) is 176 Å². The van der Waals surface area contributed by atoms with Crippen LogP contribution in [0.25, 0.3) is 34.4 Å². The summed E-state index contributed by atoms with van der Waals surface area (Å²) in [7, 11) is 0. The van der Waals surface area contributed by atoms with Crippen LogP contribution in [-0.2, 0) is 5.41 Å². The Labute approximate surface area is 425 Å². The molecule has 342 valence electrons. The molecule has 0 amide bonds. The van der Waals surface area contributed by atoms with E-state index in [0.29, 0.717) is 0 Å². The average molecular weight is 931 g/mol. The van der Waals surface area contributed by atoms with Crippen LogP contribution in [0.3, 0.4) is 0 Å². The van der Waals surface area contributed by atoms with Gasteiger partial charge in [0.1, 0.15) is 0 Å². The van der Waals surface area contributed by atoms with E-state index < -0.39 is 5.41 Å². The number of rotatable bonds is 6. The first-order chi connectivity index (χ1) is 36.2. The number of anilines is 12. The summed E-state index contributed by atoms with van der Waals surface area (Å²) in [6.07, 6.45) is 4.54. The number of fused-ring (bicyclic) bond motifs is 14. The molecule has 2 heterocycles. The molecule has 0 radical (unpaired) electrons. The zero-order valence-electron chi connectivity index (χ0n) is 39.8. The lowest BCUT2D eigenvalue weighted by molar-refractivity contribution is 0.793. The second kappa shape index (κ2) is 16.2. The van der Waals surface area contributed by atoms with Crippen LogP contribution in [0.15, 0.2) is 267 Å². The van der Waals surface area contributed by atoms with E-state index in [1.165, 1.54) is 44.5 Å². The van der Waals surface area contributed by atoms with E-state index in [1.807, 2.05) is 0 Å². The lowest BCUT2D eigenvalue weighted by atomic mass is 9.70. The molecule has 0 atom stereocenters. The summed E-state index contributed by atoms with van der Waals surface area (Å²) in [5, 5.41) is 0. The molecule has 0 bridgehead atoms. The van der Waals surface area contributed by atoms with Crippen molar-refractivity contribution >= 4 is 80.4 Å². The van der Waals surface area contributed by atoms with Gasteiger partial charge in [0.15, 0.2) is 0 Å². The summed E-state index contributed by atoms with van der Waals surface area (Å²) in [5.74, 6) is 0. The predicted molar refractivity (Wildman–Crippen MR) is 304 cm³/mol. The van der Waals surface area contributed by atoms with Gasteiger partial charge in [-0.15, -0.1) is 0 Å².